The normalized spacial score (nSPS) is 14.5. The molecule has 0 atom stereocenters. The molecule has 0 unspecified atom stereocenters. The number of hydrogen-bond acceptors (Lipinski definition) is 8. The Hall–Kier alpha value is -3.70. The Bertz CT molecular complexity index is 1310. The Balaban J connectivity index is 1.52. The molecular formula is C23H16BrN3O6S. The molecule has 0 radical (unpaired) electrons. The Morgan fingerprint density at radius 2 is 1.94 bits per heavy atom. The predicted molar refractivity (Wildman–Crippen MR) is 130 cm³/mol. The number of methoxy groups -OCH3 is 1. The Kier molecular flexibility index (Phi) is 6.94. The van der Waals surface area contributed by atoms with Crippen LogP contribution < -0.4 is 9.47 Å². The van der Waals surface area contributed by atoms with E-state index < -0.39 is 4.92 Å². The van der Waals surface area contributed by atoms with Crippen molar-refractivity contribution < 1.29 is 24.0 Å². The number of thioether (sulfide) groups is 1. The fourth-order valence-corrected chi connectivity index (χ4v) is 4.34. The molecule has 1 saturated heterocycles. The summed E-state index contributed by atoms with van der Waals surface area (Å²) in [6.45, 7) is 0.168. The van der Waals surface area contributed by atoms with E-state index in [4.69, 9.17) is 9.47 Å². The largest absolute Gasteiger partial charge is 0.493 e. The maximum absolute atomic E-state index is 12.9. The van der Waals surface area contributed by atoms with E-state index in [1.165, 1.54) is 24.1 Å². The maximum Gasteiger partial charge on any atom is 0.293 e. The number of pyridine rings is 1. The lowest BCUT2D eigenvalue weighted by molar-refractivity contribution is -0.385. The minimum atomic E-state index is -0.549. The summed E-state index contributed by atoms with van der Waals surface area (Å²) in [5.74, 6) is 0.481. The van der Waals surface area contributed by atoms with Gasteiger partial charge in [-0.3, -0.25) is 24.6 Å². The van der Waals surface area contributed by atoms with Crippen LogP contribution in [0.5, 0.6) is 17.4 Å². The van der Waals surface area contributed by atoms with Crippen molar-refractivity contribution in [3.8, 4) is 17.4 Å². The van der Waals surface area contributed by atoms with E-state index in [2.05, 4.69) is 20.9 Å². The number of amides is 2. The first kappa shape index (κ1) is 23.5. The zero-order valence-corrected chi connectivity index (χ0v) is 20.0. The highest BCUT2D eigenvalue weighted by molar-refractivity contribution is 9.10. The smallest absolute Gasteiger partial charge is 0.293 e. The molecule has 1 aromatic heterocycles. The number of halogens is 1. The van der Waals surface area contributed by atoms with Gasteiger partial charge in [-0.25, -0.2) is 4.98 Å². The van der Waals surface area contributed by atoms with Crippen LogP contribution in [-0.4, -0.2) is 33.1 Å². The lowest BCUT2D eigenvalue weighted by Crippen LogP contribution is -2.27. The van der Waals surface area contributed by atoms with E-state index in [0.717, 1.165) is 28.0 Å². The van der Waals surface area contributed by atoms with Crippen LogP contribution in [0.3, 0.4) is 0 Å². The third-order valence-electron chi connectivity index (χ3n) is 4.79. The van der Waals surface area contributed by atoms with Crippen molar-refractivity contribution in [1.29, 1.82) is 0 Å². The van der Waals surface area contributed by atoms with Gasteiger partial charge in [-0.2, -0.15) is 0 Å². The standard InChI is InChI=1S/C23H16BrN3O6S/c1-32-19-10-14(6-8-18(19)33-21-9-7-16(12-25-21)27(30)31)11-20-22(28)26(23(29)34-20)13-15-4-2-3-5-17(15)24/h2-12H,13H2,1H3/b20-11-. The topological polar surface area (TPSA) is 112 Å². The van der Waals surface area contributed by atoms with Crippen LogP contribution in [0, 0.1) is 10.1 Å². The van der Waals surface area contributed by atoms with Crippen molar-refractivity contribution in [2.24, 2.45) is 0 Å². The highest BCUT2D eigenvalue weighted by Gasteiger charge is 2.35. The summed E-state index contributed by atoms with van der Waals surface area (Å²) in [6, 6.07) is 15.1. The third kappa shape index (κ3) is 5.10. The van der Waals surface area contributed by atoms with Crippen LogP contribution in [0.1, 0.15) is 11.1 Å². The maximum atomic E-state index is 12.9. The molecule has 2 aromatic carbocycles. The van der Waals surface area contributed by atoms with Gasteiger partial charge in [0.25, 0.3) is 16.8 Å². The molecule has 0 N–H and O–H groups in total. The summed E-state index contributed by atoms with van der Waals surface area (Å²) in [7, 11) is 1.46. The molecule has 9 nitrogen and oxygen atoms in total. The quantitative estimate of drug-likeness (QED) is 0.210. The van der Waals surface area contributed by atoms with Crippen molar-refractivity contribution in [3.05, 3.63) is 91.4 Å². The van der Waals surface area contributed by atoms with Gasteiger partial charge in [0, 0.05) is 16.6 Å². The summed E-state index contributed by atoms with van der Waals surface area (Å²) in [5, 5.41) is 10.4. The van der Waals surface area contributed by atoms with Crippen molar-refractivity contribution >= 4 is 50.6 Å². The van der Waals surface area contributed by atoms with Crippen LogP contribution in [0.2, 0.25) is 0 Å². The van der Waals surface area contributed by atoms with Crippen LogP contribution in [0.15, 0.2) is 70.2 Å². The zero-order valence-electron chi connectivity index (χ0n) is 17.6. The van der Waals surface area contributed by atoms with Crippen LogP contribution in [0.4, 0.5) is 10.5 Å². The average Bonchev–Trinajstić information content (AvgIpc) is 3.09. The van der Waals surface area contributed by atoms with Crippen molar-refractivity contribution in [2.45, 2.75) is 6.54 Å². The summed E-state index contributed by atoms with van der Waals surface area (Å²) in [4.78, 5) is 41.0. The van der Waals surface area contributed by atoms with Crippen molar-refractivity contribution in [1.82, 2.24) is 9.88 Å². The number of ether oxygens (including phenoxy) is 2. The summed E-state index contributed by atoms with van der Waals surface area (Å²) in [6.07, 6.45) is 2.71. The molecule has 0 saturated carbocycles. The van der Waals surface area contributed by atoms with E-state index in [9.17, 15) is 19.7 Å². The number of aromatic nitrogens is 1. The SMILES string of the molecule is COc1cc(/C=C2\SC(=O)N(Cc3ccccc3Br)C2=O)ccc1Oc1ccc([N+](=O)[O-])cn1. The van der Waals surface area contributed by atoms with Crippen molar-refractivity contribution in [3.63, 3.8) is 0 Å². The molecular weight excluding hydrogens is 526 g/mol. The molecule has 2 amide bonds. The molecule has 0 aliphatic carbocycles. The molecule has 172 valence electrons. The average molecular weight is 542 g/mol. The number of rotatable bonds is 7. The predicted octanol–water partition coefficient (Wildman–Crippen LogP) is 5.79. The molecule has 34 heavy (non-hydrogen) atoms. The Morgan fingerprint density at radius 1 is 1.15 bits per heavy atom. The molecule has 0 bridgehead atoms. The number of nitrogens with zero attached hydrogens (tertiary/aromatic N) is 3. The highest BCUT2D eigenvalue weighted by Crippen LogP contribution is 2.36. The number of carbonyl (C=O) groups excluding carboxylic acids is 2. The van der Waals surface area contributed by atoms with E-state index in [0.29, 0.717) is 22.0 Å². The van der Waals surface area contributed by atoms with Crippen molar-refractivity contribution in [2.75, 3.05) is 7.11 Å². The van der Waals surface area contributed by atoms with Gasteiger partial charge in [0.1, 0.15) is 6.20 Å². The van der Waals surface area contributed by atoms with Gasteiger partial charge in [0.05, 0.1) is 23.5 Å². The van der Waals surface area contributed by atoms with E-state index >= 15 is 0 Å². The second kappa shape index (κ2) is 10.1. The fraction of sp³-hybridized carbons (Fsp3) is 0.0870. The van der Waals surface area contributed by atoms with Crippen LogP contribution >= 0.6 is 27.7 Å². The second-order valence-corrected chi connectivity index (χ2v) is 8.83. The van der Waals surface area contributed by atoms with Gasteiger partial charge in [-0.05, 0) is 47.2 Å². The number of nitro groups is 1. The van der Waals surface area contributed by atoms with Gasteiger partial charge in [-0.1, -0.05) is 40.2 Å². The summed E-state index contributed by atoms with van der Waals surface area (Å²) >= 11 is 4.31. The van der Waals surface area contributed by atoms with Gasteiger partial charge >= 0.3 is 0 Å². The van der Waals surface area contributed by atoms with E-state index in [1.807, 2.05) is 24.3 Å². The number of hydrogen-bond donors (Lipinski definition) is 0. The molecule has 11 heteroatoms. The molecule has 1 fully saturated rings. The lowest BCUT2D eigenvalue weighted by Gasteiger charge is -2.13. The molecule has 2 heterocycles. The number of carbonyl (C=O) groups is 2. The number of imide groups is 1. The molecule has 1 aliphatic rings. The van der Waals surface area contributed by atoms with E-state index in [-0.39, 0.29) is 29.3 Å². The molecule has 3 aromatic rings. The van der Waals surface area contributed by atoms with Gasteiger partial charge < -0.3 is 9.47 Å². The van der Waals surface area contributed by atoms with Gasteiger partial charge in [-0.15, -0.1) is 0 Å². The van der Waals surface area contributed by atoms with Gasteiger partial charge in [0.15, 0.2) is 11.5 Å². The molecule has 4 rings (SSSR count). The van der Waals surface area contributed by atoms with Crippen LogP contribution in [0.25, 0.3) is 6.08 Å². The minimum absolute atomic E-state index is 0.150. The first-order chi connectivity index (χ1) is 16.4. The monoisotopic (exact) mass is 541 g/mol. The molecule has 0 spiro atoms. The molecule has 1 aliphatic heterocycles. The fourth-order valence-electron chi connectivity index (χ4n) is 3.10. The first-order valence-electron chi connectivity index (χ1n) is 9.81. The number of benzene rings is 2. The Labute approximate surface area is 206 Å². The minimum Gasteiger partial charge on any atom is -0.493 e. The Morgan fingerprint density at radius 3 is 2.62 bits per heavy atom. The summed E-state index contributed by atoms with van der Waals surface area (Å²) < 4.78 is 11.9. The van der Waals surface area contributed by atoms with Crippen LogP contribution in [-0.2, 0) is 11.3 Å². The van der Waals surface area contributed by atoms with Gasteiger partial charge in [0.2, 0.25) is 5.88 Å². The highest BCUT2D eigenvalue weighted by atomic mass is 79.9. The second-order valence-electron chi connectivity index (χ2n) is 6.98. The zero-order chi connectivity index (χ0) is 24.2. The summed E-state index contributed by atoms with van der Waals surface area (Å²) in [5.41, 5.74) is 1.31. The first-order valence-corrected chi connectivity index (χ1v) is 11.4. The third-order valence-corrected chi connectivity index (χ3v) is 6.47. The van der Waals surface area contributed by atoms with E-state index in [1.54, 1.807) is 24.3 Å². The lowest BCUT2D eigenvalue weighted by atomic mass is 10.1.